The molecule has 4 aromatic rings. The maximum Gasteiger partial charge on any atom is 0.410 e. The maximum absolute atomic E-state index is 13.7. The predicted molar refractivity (Wildman–Crippen MR) is 173 cm³/mol. The Morgan fingerprint density at radius 2 is 1.87 bits per heavy atom. The van der Waals surface area contributed by atoms with E-state index < -0.39 is 5.60 Å². The second-order valence-corrected chi connectivity index (χ2v) is 13.5. The van der Waals surface area contributed by atoms with Crippen molar-refractivity contribution in [2.45, 2.75) is 78.4 Å². The fourth-order valence-corrected chi connectivity index (χ4v) is 6.28. The summed E-state index contributed by atoms with van der Waals surface area (Å²) in [6.45, 7) is 12.3. The summed E-state index contributed by atoms with van der Waals surface area (Å²) in [6.07, 6.45) is 5.02. The van der Waals surface area contributed by atoms with E-state index in [9.17, 15) is 9.59 Å². The molecule has 1 fully saturated rings. The number of fused-ring (bicyclic) bond motifs is 7. The molecule has 5 heterocycles. The van der Waals surface area contributed by atoms with Crippen molar-refractivity contribution in [3.63, 3.8) is 0 Å². The second-order valence-electron chi connectivity index (χ2n) is 13.5. The van der Waals surface area contributed by atoms with Gasteiger partial charge in [0.15, 0.2) is 0 Å². The number of carbonyl (C=O) groups excluding carboxylic acids is 2. The highest BCUT2D eigenvalue weighted by Crippen LogP contribution is 2.33. The van der Waals surface area contributed by atoms with Crippen molar-refractivity contribution in [2.24, 2.45) is 13.0 Å². The molecule has 1 saturated heterocycles. The van der Waals surface area contributed by atoms with Crippen LogP contribution in [0.25, 0.3) is 22.3 Å². The molecule has 1 atom stereocenters. The van der Waals surface area contributed by atoms with Gasteiger partial charge in [0.05, 0.1) is 35.1 Å². The van der Waals surface area contributed by atoms with Gasteiger partial charge < -0.3 is 18.9 Å². The van der Waals surface area contributed by atoms with Crippen molar-refractivity contribution in [3.8, 4) is 17.1 Å². The van der Waals surface area contributed by atoms with E-state index in [1.165, 1.54) is 5.56 Å². The topological polar surface area (TPSA) is 116 Å². The van der Waals surface area contributed by atoms with Crippen LogP contribution in [0.2, 0.25) is 0 Å². The molecule has 3 aromatic heterocycles. The fraction of sp³-hybridized carbons (Fsp3) is 0.500. The van der Waals surface area contributed by atoms with E-state index in [1.807, 2.05) is 45.7 Å². The lowest BCUT2D eigenvalue weighted by atomic mass is 9.89. The molecule has 1 aromatic carbocycles. The number of nitrogens with zero attached hydrogens (tertiary/aromatic N) is 6. The van der Waals surface area contributed by atoms with Crippen LogP contribution >= 0.6 is 0 Å². The summed E-state index contributed by atoms with van der Waals surface area (Å²) in [5.74, 6) is 1.55. The number of anilines is 1. The molecule has 0 saturated carbocycles. The zero-order chi connectivity index (χ0) is 31.9. The molecule has 2 amide bonds. The average Bonchev–Trinajstić information content (AvgIpc) is 3.52. The molecular weight excluding hydrogens is 570 g/mol. The Kier molecular flexibility index (Phi) is 8.28. The molecule has 45 heavy (non-hydrogen) atoms. The normalized spacial score (nSPS) is 18.3. The number of aryl methyl sites for hydroxylation is 2. The van der Waals surface area contributed by atoms with Gasteiger partial charge in [-0.1, -0.05) is 13.0 Å². The summed E-state index contributed by atoms with van der Waals surface area (Å²) in [5, 5.41) is 7.51. The Morgan fingerprint density at radius 3 is 2.62 bits per heavy atom. The molecule has 11 nitrogen and oxygen atoms in total. The van der Waals surface area contributed by atoms with Gasteiger partial charge in [-0.15, -0.1) is 0 Å². The van der Waals surface area contributed by atoms with Gasteiger partial charge in [-0.05, 0) is 95.0 Å². The monoisotopic (exact) mass is 613 g/mol. The second kappa shape index (κ2) is 12.2. The molecule has 0 aliphatic carbocycles. The summed E-state index contributed by atoms with van der Waals surface area (Å²) >= 11 is 0. The van der Waals surface area contributed by atoms with Gasteiger partial charge >= 0.3 is 6.09 Å². The lowest BCUT2D eigenvalue weighted by Crippen LogP contribution is -2.41. The zero-order valence-electron chi connectivity index (χ0n) is 27.1. The predicted octanol–water partition coefficient (Wildman–Crippen LogP) is 6.32. The van der Waals surface area contributed by atoms with Crippen LogP contribution in [0.15, 0.2) is 36.5 Å². The molecule has 1 N–H and O–H groups in total. The molecule has 2 aliphatic rings. The summed E-state index contributed by atoms with van der Waals surface area (Å²) in [7, 11) is 1.85. The van der Waals surface area contributed by atoms with Crippen LogP contribution < -0.4 is 10.1 Å². The van der Waals surface area contributed by atoms with Crippen LogP contribution in [0, 0.1) is 12.8 Å². The lowest BCUT2D eigenvalue weighted by Gasteiger charge is -2.33. The van der Waals surface area contributed by atoms with E-state index in [0.29, 0.717) is 61.2 Å². The first kappa shape index (κ1) is 30.6. The smallest absolute Gasteiger partial charge is 0.410 e. The van der Waals surface area contributed by atoms with Gasteiger partial charge in [0.25, 0.3) is 5.91 Å². The number of amides is 2. The Bertz CT molecular complexity index is 1730. The number of likely N-dealkylation sites (tertiary alicyclic amines) is 1. The minimum absolute atomic E-state index is 0.248. The third kappa shape index (κ3) is 6.67. The molecule has 0 unspecified atom stereocenters. The molecule has 2 bridgehead atoms. The van der Waals surface area contributed by atoms with E-state index in [-0.39, 0.29) is 12.0 Å². The fourth-order valence-electron chi connectivity index (χ4n) is 6.28. The van der Waals surface area contributed by atoms with Gasteiger partial charge in [-0.25, -0.2) is 14.5 Å². The maximum atomic E-state index is 13.7. The number of benzene rings is 1. The first-order chi connectivity index (χ1) is 21.4. The van der Waals surface area contributed by atoms with Crippen molar-refractivity contribution < 1.29 is 19.1 Å². The van der Waals surface area contributed by atoms with E-state index >= 15 is 0 Å². The Labute approximate surface area is 263 Å². The quantitative estimate of drug-likeness (QED) is 0.267. The van der Waals surface area contributed by atoms with Crippen LogP contribution in [0.3, 0.4) is 0 Å². The van der Waals surface area contributed by atoms with Crippen molar-refractivity contribution >= 4 is 29.0 Å². The largest absolute Gasteiger partial charge is 0.477 e. The number of pyridine rings is 1. The van der Waals surface area contributed by atoms with Crippen LogP contribution in [-0.4, -0.2) is 66.5 Å². The molecule has 2 aliphatic heterocycles. The van der Waals surface area contributed by atoms with E-state index in [1.54, 1.807) is 23.0 Å². The van der Waals surface area contributed by atoms with Gasteiger partial charge in [-0.3, -0.25) is 15.1 Å². The first-order valence-electron chi connectivity index (χ1n) is 15.9. The van der Waals surface area contributed by atoms with Gasteiger partial charge in [-0.2, -0.15) is 5.10 Å². The third-order valence-corrected chi connectivity index (χ3v) is 8.57. The zero-order valence-corrected chi connectivity index (χ0v) is 27.1. The lowest BCUT2D eigenvalue weighted by molar-refractivity contribution is 0.0204. The highest BCUT2D eigenvalue weighted by molar-refractivity contribution is 6.04. The van der Waals surface area contributed by atoms with Crippen molar-refractivity contribution in [1.29, 1.82) is 0 Å². The number of carbonyl (C=O) groups is 2. The summed E-state index contributed by atoms with van der Waals surface area (Å²) in [5.41, 5.74) is 5.16. The van der Waals surface area contributed by atoms with Crippen molar-refractivity contribution in [1.82, 2.24) is 29.2 Å². The average molecular weight is 614 g/mol. The van der Waals surface area contributed by atoms with E-state index in [4.69, 9.17) is 19.4 Å². The molecule has 0 radical (unpaired) electrons. The highest BCUT2D eigenvalue weighted by atomic mass is 16.6. The Morgan fingerprint density at radius 1 is 1.09 bits per heavy atom. The number of nitrogens with one attached hydrogen (secondary N) is 1. The molecular formula is C34H43N7O4. The SMILES string of the molecule is Cc1cc2cc(n1)-c1cnn(C)c1OCCC[C@@H](C)Cn1c(nc3ccc(C4CCN(C(=O)OC(C)(C)C)CC4)cc31)NC2=O. The Hall–Kier alpha value is -4.41. The van der Waals surface area contributed by atoms with Gasteiger partial charge in [0, 0.05) is 37.9 Å². The summed E-state index contributed by atoms with van der Waals surface area (Å²) in [4.78, 5) is 37.7. The number of piperidine rings is 1. The third-order valence-electron chi connectivity index (χ3n) is 8.57. The van der Waals surface area contributed by atoms with Crippen molar-refractivity contribution in [3.05, 3.63) is 53.3 Å². The van der Waals surface area contributed by atoms with Crippen LogP contribution in [0.4, 0.5) is 10.7 Å². The molecule has 11 heteroatoms. The summed E-state index contributed by atoms with van der Waals surface area (Å²) < 4.78 is 15.7. The van der Waals surface area contributed by atoms with Crippen molar-refractivity contribution in [2.75, 3.05) is 25.0 Å². The number of ether oxygens (including phenoxy) is 2. The number of rotatable bonds is 1. The van der Waals surface area contributed by atoms with Gasteiger partial charge in [0.1, 0.15) is 5.60 Å². The molecule has 238 valence electrons. The number of aromatic nitrogens is 5. The first-order valence-corrected chi connectivity index (χ1v) is 15.9. The number of imidazole rings is 1. The van der Waals surface area contributed by atoms with E-state index in [2.05, 4.69) is 34.0 Å². The van der Waals surface area contributed by atoms with Crippen LogP contribution in [-0.2, 0) is 18.3 Å². The number of hydrogen-bond acceptors (Lipinski definition) is 7. The Balaban J connectivity index is 1.30. The molecule has 0 spiro atoms. The van der Waals surface area contributed by atoms with Gasteiger partial charge in [0.2, 0.25) is 11.8 Å². The van der Waals surface area contributed by atoms with Crippen LogP contribution in [0.5, 0.6) is 5.88 Å². The minimum Gasteiger partial charge on any atom is -0.477 e. The number of hydrogen-bond donors (Lipinski definition) is 1. The summed E-state index contributed by atoms with van der Waals surface area (Å²) in [6, 6.07) is 9.96. The van der Waals surface area contributed by atoms with Crippen LogP contribution in [0.1, 0.15) is 80.9 Å². The minimum atomic E-state index is -0.508. The van der Waals surface area contributed by atoms with E-state index in [0.717, 1.165) is 48.0 Å². The highest BCUT2D eigenvalue weighted by Gasteiger charge is 2.28. The standard InChI is InChI=1S/C34H43N7O4/c1-21-8-7-15-44-31-26(19-35-39(31)6)28-17-25(16-22(2)36-28)30(42)38-32-37-27-10-9-24(18-29(27)41(32)20-21)23-11-13-40(14-12-23)33(43)45-34(3,4)5/h9-10,16-19,21,23H,7-8,11-15,20H2,1-6H3,(H,37,38,42)/t21-/m1/s1. The molecule has 6 rings (SSSR count).